The van der Waals surface area contributed by atoms with Crippen molar-refractivity contribution in [2.24, 2.45) is 5.92 Å². The molecule has 1 aliphatic rings. The maximum absolute atomic E-state index is 8.86. The van der Waals surface area contributed by atoms with E-state index in [2.05, 4.69) is 0 Å². The highest BCUT2D eigenvalue weighted by Crippen LogP contribution is 2.23. The molecule has 0 aliphatic heterocycles. The summed E-state index contributed by atoms with van der Waals surface area (Å²) in [6.45, 7) is 2.42. The zero-order chi connectivity index (χ0) is 8.10. The summed E-state index contributed by atoms with van der Waals surface area (Å²) in [4.78, 5) is 0. The van der Waals surface area contributed by atoms with Crippen LogP contribution in [0.15, 0.2) is 0 Å². The molecule has 0 aromatic carbocycles. The van der Waals surface area contributed by atoms with Crippen LogP contribution in [0.3, 0.4) is 0 Å². The summed E-state index contributed by atoms with van der Waals surface area (Å²) in [6, 6.07) is 0. The Bertz CT molecular complexity index is 95.7. The van der Waals surface area contributed by atoms with Crippen LogP contribution in [0.4, 0.5) is 0 Å². The molecule has 1 unspecified atom stereocenters. The Kier molecular flexibility index (Phi) is 3.87. The zero-order valence-corrected chi connectivity index (χ0v) is 7.25. The van der Waals surface area contributed by atoms with Gasteiger partial charge < -0.3 is 9.84 Å². The molecule has 0 spiro atoms. The fourth-order valence-corrected chi connectivity index (χ4v) is 1.63. The Morgan fingerprint density at radius 3 is 2.55 bits per heavy atom. The van der Waals surface area contributed by atoms with Gasteiger partial charge in [-0.05, 0) is 25.7 Å². The molecule has 0 aromatic rings. The first-order valence-electron chi connectivity index (χ1n) is 4.58. The van der Waals surface area contributed by atoms with Gasteiger partial charge in [0, 0.05) is 0 Å². The number of aliphatic hydroxyl groups is 1. The number of rotatable bonds is 3. The molecular formula is C9H18O2. The van der Waals surface area contributed by atoms with Crippen LogP contribution >= 0.6 is 0 Å². The van der Waals surface area contributed by atoms with Gasteiger partial charge in [0.1, 0.15) is 0 Å². The summed E-state index contributed by atoms with van der Waals surface area (Å²) in [7, 11) is 0. The third-order valence-corrected chi connectivity index (χ3v) is 2.30. The van der Waals surface area contributed by atoms with Crippen LogP contribution in [0.5, 0.6) is 0 Å². The third kappa shape index (κ3) is 3.73. The Labute approximate surface area is 68.6 Å². The molecule has 2 nitrogen and oxygen atoms in total. The van der Waals surface area contributed by atoms with Crippen molar-refractivity contribution in [1.29, 1.82) is 0 Å². The van der Waals surface area contributed by atoms with Crippen molar-refractivity contribution in [3.63, 3.8) is 0 Å². The van der Waals surface area contributed by atoms with E-state index >= 15 is 0 Å². The second-order valence-corrected chi connectivity index (χ2v) is 3.44. The first kappa shape index (κ1) is 9.01. The van der Waals surface area contributed by atoms with Crippen molar-refractivity contribution in [1.82, 2.24) is 0 Å². The monoisotopic (exact) mass is 158 g/mol. The molecule has 0 aromatic heterocycles. The number of aliphatic hydroxyl groups excluding tert-OH is 1. The molecule has 66 valence electrons. The number of hydrogen-bond donors (Lipinski definition) is 1. The van der Waals surface area contributed by atoms with Crippen LogP contribution in [0.1, 0.15) is 39.0 Å². The predicted octanol–water partition coefficient (Wildman–Crippen LogP) is 1.92. The first-order chi connectivity index (χ1) is 5.29. The Morgan fingerprint density at radius 2 is 2.00 bits per heavy atom. The van der Waals surface area contributed by atoms with Crippen molar-refractivity contribution >= 4 is 0 Å². The van der Waals surface area contributed by atoms with E-state index in [0.717, 1.165) is 6.61 Å². The lowest BCUT2D eigenvalue weighted by molar-refractivity contribution is -0.0989. The summed E-state index contributed by atoms with van der Waals surface area (Å²) in [5.74, 6) is 0.707. The summed E-state index contributed by atoms with van der Waals surface area (Å²) >= 11 is 0. The van der Waals surface area contributed by atoms with Gasteiger partial charge in [-0.2, -0.15) is 0 Å². The molecule has 0 radical (unpaired) electrons. The molecule has 1 fully saturated rings. The van der Waals surface area contributed by atoms with E-state index in [1.165, 1.54) is 32.1 Å². The standard InChI is InChI=1S/C9H18O2/c1-8(10)11-7-9-5-3-2-4-6-9/h8-10H,2-7H2,1H3. The zero-order valence-electron chi connectivity index (χ0n) is 7.25. The van der Waals surface area contributed by atoms with E-state index in [1.807, 2.05) is 0 Å². The minimum absolute atomic E-state index is 0.586. The third-order valence-electron chi connectivity index (χ3n) is 2.30. The Morgan fingerprint density at radius 1 is 1.36 bits per heavy atom. The molecule has 1 saturated carbocycles. The molecule has 1 atom stereocenters. The molecule has 0 bridgehead atoms. The quantitative estimate of drug-likeness (QED) is 0.636. The summed E-state index contributed by atoms with van der Waals surface area (Å²) < 4.78 is 5.14. The minimum Gasteiger partial charge on any atom is -0.368 e. The Balaban J connectivity index is 2.05. The maximum Gasteiger partial charge on any atom is 0.151 e. The second-order valence-electron chi connectivity index (χ2n) is 3.44. The van der Waals surface area contributed by atoms with Gasteiger partial charge in [0.05, 0.1) is 6.61 Å². The first-order valence-corrected chi connectivity index (χ1v) is 4.58. The van der Waals surface area contributed by atoms with Gasteiger partial charge in [0.15, 0.2) is 6.29 Å². The fraction of sp³-hybridized carbons (Fsp3) is 1.00. The smallest absolute Gasteiger partial charge is 0.151 e. The number of ether oxygens (including phenoxy) is 1. The van der Waals surface area contributed by atoms with E-state index in [1.54, 1.807) is 6.92 Å². The Hall–Kier alpha value is -0.0800. The molecule has 2 heteroatoms. The fourth-order valence-electron chi connectivity index (χ4n) is 1.63. The lowest BCUT2D eigenvalue weighted by atomic mass is 9.90. The molecular weight excluding hydrogens is 140 g/mol. The van der Waals surface area contributed by atoms with Crippen LogP contribution in [0, 0.1) is 5.92 Å². The average Bonchev–Trinajstić information content (AvgIpc) is 2.03. The van der Waals surface area contributed by atoms with Gasteiger partial charge in [-0.1, -0.05) is 19.3 Å². The van der Waals surface area contributed by atoms with Gasteiger partial charge >= 0.3 is 0 Å². The number of hydrogen-bond acceptors (Lipinski definition) is 2. The average molecular weight is 158 g/mol. The molecule has 11 heavy (non-hydrogen) atoms. The highest BCUT2D eigenvalue weighted by molar-refractivity contribution is 4.64. The highest BCUT2D eigenvalue weighted by atomic mass is 16.6. The van der Waals surface area contributed by atoms with Crippen LogP contribution in [0.2, 0.25) is 0 Å². The van der Waals surface area contributed by atoms with Crippen molar-refractivity contribution < 1.29 is 9.84 Å². The van der Waals surface area contributed by atoms with Crippen LogP contribution < -0.4 is 0 Å². The largest absolute Gasteiger partial charge is 0.368 e. The topological polar surface area (TPSA) is 29.5 Å². The summed E-state index contributed by atoms with van der Waals surface area (Å²) in [5, 5.41) is 8.86. The lowest BCUT2D eigenvalue weighted by Crippen LogP contribution is -2.17. The van der Waals surface area contributed by atoms with Gasteiger partial charge in [0.25, 0.3) is 0 Å². The van der Waals surface area contributed by atoms with Crippen molar-refractivity contribution in [2.45, 2.75) is 45.3 Å². The van der Waals surface area contributed by atoms with E-state index in [-0.39, 0.29) is 0 Å². The molecule has 1 N–H and O–H groups in total. The highest BCUT2D eigenvalue weighted by Gasteiger charge is 2.13. The molecule has 0 amide bonds. The maximum atomic E-state index is 8.86. The lowest BCUT2D eigenvalue weighted by Gasteiger charge is -2.21. The van der Waals surface area contributed by atoms with Crippen LogP contribution in [-0.2, 0) is 4.74 Å². The normalized spacial score (nSPS) is 23.5. The van der Waals surface area contributed by atoms with Crippen molar-refractivity contribution in [3.8, 4) is 0 Å². The van der Waals surface area contributed by atoms with Crippen molar-refractivity contribution in [3.05, 3.63) is 0 Å². The van der Waals surface area contributed by atoms with E-state index in [4.69, 9.17) is 9.84 Å². The van der Waals surface area contributed by atoms with Gasteiger partial charge in [0.2, 0.25) is 0 Å². The van der Waals surface area contributed by atoms with Crippen LogP contribution in [-0.4, -0.2) is 18.0 Å². The summed E-state index contributed by atoms with van der Waals surface area (Å²) in [6.07, 6.45) is 6.05. The second kappa shape index (κ2) is 4.73. The molecule has 1 rings (SSSR count). The minimum atomic E-state index is -0.586. The van der Waals surface area contributed by atoms with E-state index in [0.29, 0.717) is 5.92 Å². The van der Waals surface area contributed by atoms with Gasteiger partial charge in [-0.25, -0.2) is 0 Å². The van der Waals surface area contributed by atoms with Crippen molar-refractivity contribution in [2.75, 3.05) is 6.61 Å². The summed E-state index contributed by atoms with van der Waals surface area (Å²) in [5.41, 5.74) is 0. The predicted molar refractivity (Wildman–Crippen MR) is 44.2 cm³/mol. The molecule has 1 aliphatic carbocycles. The van der Waals surface area contributed by atoms with Crippen LogP contribution in [0.25, 0.3) is 0 Å². The van der Waals surface area contributed by atoms with Gasteiger partial charge in [-0.3, -0.25) is 0 Å². The molecule has 0 heterocycles. The van der Waals surface area contributed by atoms with E-state index < -0.39 is 6.29 Å². The molecule has 0 saturated heterocycles. The SMILES string of the molecule is CC(O)OCC1CCCCC1. The van der Waals surface area contributed by atoms with Gasteiger partial charge in [-0.15, -0.1) is 0 Å². The van der Waals surface area contributed by atoms with E-state index in [9.17, 15) is 0 Å².